The molecule has 0 unspecified atom stereocenters. The van der Waals surface area contributed by atoms with Crippen molar-refractivity contribution in [2.45, 2.75) is 33.3 Å². The van der Waals surface area contributed by atoms with Gasteiger partial charge in [-0.05, 0) is 43.6 Å². The minimum Gasteiger partial charge on any atom is -0.474 e. The zero-order valence-corrected chi connectivity index (χ0v) is 12.9. The Morgan fingerprint density at radius 3 is 2.67 bits per heavy atom. The molecule has 0 aliphatic rings. The average molecular weight is 318 g/mol. The first kappa shape index (κ1) is 15.2. The molecule has 6 heteroatoms. The van der Waals surface area contributed by atoms with Gasteiger partial charge in [0.1, 0.15) is 6.61 Å². The molecule has 1 N–H and O–H groups in total. The third-order valence-corrected chi connectivity index (χ3v) is 2.45. The van der Waals surface area contributed by atoms with Gasteiger partial charge in [-0.2, -0.15) is 4.98 Å². The molecule has 102 valence electrons. The van der Waals surface area contributed by atoms with Crippen molar-refractivity contribution in [2.75, 3.05) is 25.1 Å². The van der Waals surface area contributed by atoms with Gasteiger partial charge in [0.15, 0.2) is 0 Å². The van der Waals surface area contributed by atoms with Crippen LogP contribution in [0.4, 0.5) is 5.95 Å². The second-order valence-electron chi connectivity index (χ2n) is 4.69. The van der Waals surface area contributed by atoms with E-state index in [-0.39, 0.29) is 5.60 Å². The van der Waals surface area contributed by atoms with E-state index in [2.05, 4.69) is 31.2 Å². The first-order chi connectivity index (χ1) is 8.42. The Labute approximate surface area is 116 Å². The van der Waals surface area contributed by atoms with Crippen LogP contribution in [0, 0.1) is 0 Å². The highest BCUT2D eigenvalue weighted by Crippen LogP contribution is 2.22. The highest BCUT2D eigenvalue weighted by molar-refractivity contribution is 9.10. The van der Waals surface area contributed by atoms with E-state index in [1.165, 1.54) is 0 Å². The van der Waals surface area contributed by atoms with Crippen molar-refractivity contribution in [2.24, 2.45) is 0 Å². The molecule has 0 saturated heterocycles. The normalized spacial score (nSPS) is 11.4. The van der Waals surface area contributed by atoms with Crippen LogP contribution in [0.1, 0.15) is 27.7 Å². The quantitative estimate of drug-likeness (QED) is 0.818. The summed E-state index contributed by atoms with van der Waals surface area (Å²) in [5, 5.41) is 3.04. The number of anilines is 1. The molecule has 0 aliphatic heterocycles. The molecule has 1 rings (SSSR count). The molecule has 0 aliphatic carbocycles. The SMILES string of the molecule is CCNc1ncc(Br)c(OCCOC(C)(C)C)n1. The highest BCUT2D eigenvalue weighted by Gasteiger charge is 2.10. The molecule has 0 bridgehead atoms. The number of halogens is 1. The monoisotopic (exact) mass is 317 g/mol. The Balaban J connectivity index is 2.48. The predicted molar refractivity (Wildman–Crippen MR) is 75.1 cm³/mol. The maximum Gasteiger partial charge on any atom is 0.232 e. The van der Waals surface area contributed by atoms with E-state index >= 15 is 0 Å². The van der Waals surface area contributed by atoms with Crippen molar-refractivity contribution in [3.05, 3.63) is 10.7 Å². The van der Waals surface area contributed by atoms with Crippen LogP contribution in [0.2, 0.25) is 0 Å². The molecule has 0 atom stereocenters. The number of rotatable bonds is 6. The number of nitrogens with one attached hydrogen (secondary N) is 1. The Hall–Kier alpha value is -0.880. The van der Waals surface area contributed by atoms with Crippen molar-refractivity contribution in [1.82, 2.24) is 9.97 Å². The molecule has 18 heavy (non-hydrogen) atoms. The standard InChI is InChI=1S/C12H20BrN3O2/c1-5-14-11-15-8-9(13)10(16-11)17-6-7-18-12(2,3)4/h8H,5-7H2,1-4H3,(H,14,15,16). The molecular weight excluding hydrogens is 298 g/mol. The second-order valence-corrected chi connectivity index (χ2v) is 5.54. The minimum atomic E-state index is -0.152. The number of hydrogen-bond acceptors (Lipinski definition) is 5. The number of hydrogen-bond donors (Lipinski definition) is 1. The molecule has 1 heterocycles. The molecule has 5 nitrogen and oxygen atoms in total. The first-order valence-electron chi connectivity index (χ1n) is 5.95. The Morgan fingerprint density at radius 1 is 1.33 bits per heavy atom. The lowest BCUT2D eigenvalue weighted by Gasteiger charge is -2.19. The number of ether oxygens (including phenoxy) is 2. The summed E-state index contributed by atoms with van der Waals surface area (Å²) in [7, 11) is 0. The van der Waals surface area contributed by atoms with Gasteiger partial charge in [0, 0.05) is 6.54 Å². The molecule has 0 spiro atoms. The summed E-state index contributed by atoms with van der Waals surface area (Å²) in [5.74, 6) is 1.09. The summed E-state index contributed by atoms with van der Waals surface area (Å²) >= 11 is 3.35. The van der Waals surface area contributed by atoms with Gasteiger partial charge in [0.25, 0.3) is 0 Å². The van der Waals surface area contributed by atoms with Crippen LogP contribution < -0.4 is 10.1 Å². The van der Waals surface area contributed by atoms with Crippen molar-refractivity contribution in [3.8, 4) is 5.88 Å². The summed E-state index contributed by atoms with van der Waals surface area (Å²) in [6.45, 7) is 9.77. The fourth-order valence-electron chi connectivity index (χ4n) is 1.18. The van der Waals surface area contributed by atoms with E-state index in [0.717, 1.165) is 11.0 Å². The van der Waals surface area contributed by atoms with Gasteiger partial charge in [-0.25, -0.2) is 4.98 Å². The Bertz CT molecular complexity index is 380. The van der Waals surface area contributed by atoms with E-state index < -0.39 is 0 Å². The number of aromatic nitrogens is 2. The van der Waals surface area contributed by atoms with Crippen molar-refractivity contribution >= 4 is 21.9 Å². The van der Waals surface area contributed by atoms with E-state index in [9.17, 15) is 0 Å². The highest BCUT2D eigenvalue weighted by atomic mass is 79.9. The summed E-state index contributed by atoms with van der Waals surface area (Å²) in [6.07, 6.45) is 1.67. The molecule has 0 fully saturated rings. The number of nitrogens with zero attached hydrogens (tertiary/aromatic N) is 2. The lowest BCUT2D eigenvalue weighted by atomic mass is 10.2. The summed E-state index contributed by atoms with van der Waals surface area (Å²) in [6, 6.07) is 0. The van der Waals surface area contributed by atoms with Crippen molar-refractivity contribution in [1.29, 1.82) is 0 Å². The third-order valence-electron chi connectivity index (χ3n) is 1.90. The van der Waals surface area contributed by atoms with Gasteiger partial charge in [-0.1, -0.05) is 0 Å². The predicted octanol–water partition coefficient (Wildman–Crippen LogP) is 2.86. The van der Waals surface area contributed by atoms with Crippen LogP contribution in [0.15, 0.2) is 10.7 Å². The van der Waals surface area contributed by atoms with Gasteiger partial charge >= 0.3 is 0 Å². The topological polar surface area (TPSA) is 56.3 Å². The van der Waals surface area contributed by atoms with E-state index in [1.54, 1.807) is 6.20 Å². The minimum absolute atomic E-state index is 0.152. The molecular formula is C12H20BrN3O2. The Kier molecular flexibility index (Phi) is 5.81. The lowest BCUT2D eigenvalue weighted by molar-refractivity contribution is -0.0169. The first-order valence-corrected chi connectivity index (χ1v) is 6.75. The van der Waals surface area contributed by atoms with Crippen LogP contribution in [0.3, 0.4) is 0 Å². The van der Waals surface area contributed by atoms with E-state index in [0.29, 0.717) is 25.0 Å². The molecule has 0 saturated carbocycles. The van der Waals surface area contributed by atoms with Gasteiger partial charge in [0.05, 0.1) is 22.9 Å². The smallest absolute Gasteiger partial charge is 0.232 e. The zero-order valence-electron chi connectivity index (χ0n) is 11.3. The fraction of sp³-hybridized carbons (Fsp3) is 0.667. The van der Waals surface area contributed by atoms with E-state index in [1.807, 2.05) is 27.7 Å². The summed E-state index contributed by atoms with van der Waals surface area (Å²) in [5.41, 5.74) is -0.152. The summed E-state index contributed by atoms with van der Waals surface area (Å²) < 4.78 is 11.9. The largest absolute Gasteiger partial charge is 0.474 e. The van der Waals surface area contributed by atoms with Gasteiger partial charge in [-0.3, -0.25) is 0 Å². The molecule has 0 amide bonds. The van der Waals surface area contributed by atoms with Crippen LogP contribution >= 0.6 is 15.9 Å². The summed E-state index contributed by atoms with van der Waals surface area (Å²) in [4.78, 5) is 8.36. The maximum atomic E-state index is 5.57. The molecule has 0 radical (unpaired) electrons. The van der Waals surface area contributed by atoms with Crippen LogP contribution in [-0.2, 0) is 4.74 Å². The lowest BCUT2D eigenvalue weighted by Crippen LogP contribution is -2.22. The van der Waals surface area contributed by atoms with Crippen LogP contribution in [0.5, 0.6) is 5.88 Å². The Morgan fingerprint density at radius 2 is 2.06 bits per heavy atom. The van der Waals surface area contributed by atoms with Crippen LogP contribution in [-0.4, -0.2) is 35.3 Å². The fourth-order valence-corrected chi connectivity index (χ4v) is 1.49. The average Bonchev–Trinajstić information content (AvgIpc) is 2.27. The zero-order chi connectivity index (χ0) is 13.6. The second kappa shape index (κ2) is 6.89. The molecule has 1 aromatic rings. The van der Waals surface area contributed by atoms with E-state index in [4.69, 9.17) is 9.47 Å². The van der Waals surface area contributed by atoms with Crippen LogP contribution in [0.25, 0.3) is 0 Å². The van der Waals surface area contributed by atoms with Gasteiger partial charge < -0.3 is 14.8 Å². The molecule has 1 aromatic heterocycles. The van der Waals surface area contributed by atoms with Gasteiger partial charge in [0.2, 0.25) is 11.8 Å². The van der Waals surface area contributed by atoms with Crippen molar-refractivity contribution in [3.63, 3.8) is 0 Å². The third kappa shape index (κ3) is 5.64. The maximum absolute atomic E-state index is 5.57. The van der Waals surface area contributed by atoms with Gasteiger partial charge in [-0.15, -0.1) is 0 Å². The van der Waals surface area contributed by atoms with Crippen molar-refractivity contribution < 1.29 is 9.47 Å². The molecule has 0 aromatic carbocycles.